The van der Waals surface area contributed by atoms with E-state index in [1.807, 2.05) is 6.92 Å². The molecule has 1 aromatic carbocycles. The van der Waals surface area contributed by atoms with E-state index in [9.17, 15) is 4.39 Å². The molecule has 26 heavy (non-hydrogen) atoms. The Morgan fingerprint density at radius 2 is 2.00 bits per heavy atom. The van der Waals surface area contributed by atoms with Gasteiger partial charge in [-0.3, -0.25) is 0 Å². The fourth-order valence-electron chi connectivity index (χ4n) is 3.12. The van der Waals surface area contributed by atoms with Crippen LogP contribution in [-0.2, 0) is 25.9 Å². The molecule has 0 saturated carbocycles. The number of aromatic nitrogens is 3. The van der Waals surface area contributed by atoms with Gasteiger partial charge in [-0.15, -0.1) is 10.2 Å². The predicted octanol–water partition coefficient (Wildman–Crippen LogP) is 2.44. The maximum atomic E-state index is 13.0. The molecule has 0 atom stereocenters. The number of nitrogens with zero attached hydrogens (tertiary/aromatic N) is 4. The molecule has 3 rings (SSSR count). The van der Waals surface area contributed by atoms with E-state index < -0.39 is 0 Å². The number of hydrogen-bond donors (Lipinski definition) is 2. The normalized spacial score (nSPS) is 14.6. The fraction of sp³-hybridized carbons (Fsp3) is 0.526. The first kappa shape index (κ1) is 18.4. The number of hydrogen-bond acceptors (Lipinski definition) is 3. The zero-order valence-corrected chi connectivity index (χ0v) is 15.3. The minimum Gasteiger partial charge on any atom is -0.357 e. The molecule has 7 heteroatoms. The van der Waals surface area contributed by atoms with Gasteiger partial charge in [-0.25, -0.2) is 9.38 Å². The summed E-state index contributed by atoms with van der Waals surface area (Å²) in [5.41, 5.74) is 0.978. The monoisotopic (exact) mass is 358 g/mol. The van der Waals surface area contributed by atoms with Gasteiger partial charge in [0.2, 0.25) is 0 Å². The highest BCUT2D eigenvalue weighted by atomic mass is 19.1. The molecule has 1 aliphatic heterocycles. The number of nitrogens with one attached hydrogen (secondary N) is 2. The van der Waals surface area contributed by atoms with Crippen molar-refractivity contribution in [1.29, 1.82) is 0 Å². The zero-order chi connectivity index (χ0) is 18.2. The van der Waals surface area contributed by atoms with E-state index in [1.165, 1.54) is 31.4 Å². The summed E-state index contributed by atoms with van der Waals surface area (Å²) in [5.74, 6) is 2.70. The van der Waals surface area contributed by atoms with Crippen LogP contribution < -0.4 is 10.6 Å². The molecule has 0 bridgehead atoms. The van der Waals surface area contributed by atoms with Crippen LogP contribution in [0.5, 0.6) is 0 Å². The van der Waals surface area contributed by atoms with Crippen molar-refractivity contribution in [2.45, 2.75) is 52.1 Å². The second-order valence-corrected chi connectivity index (χ2v) is 6.49. The maximum Gasteiger partial charge on any atom is 0.191 e. The van der Waals surface area contributed by atoms with Gasteiger partial charge < -0.3 is 15.2 Å². The number of aliphatic imine (C=N–C) groups is 1. The van der Waals surface area contributed by atoms with Crippen LogP contribution in [0.4, 0.5) is 4.39 Å². The topological polar surface area (TPSA) is 67.1 Å². The molecule has 0 fully saturated rings. The molecule has 1 aliphatic rings. The third kappa shape index (κ3) is 5.03. The lowest BCUT2D eigenvalue weighted by Gasteiger charge is -2.12. The molecular formula is C19H27FN6. The summed E-state index contributed by atoms with van der Waals surface area (Å²) in [4.78, 5) is 4.56. The Kier molecular flexibility index (Phi) is 6.57. The van der Waals surface area contributed by atoms with Gasteiger partial charge in [-0.2, -0.15) is 0 Å². The van der Waals surface area contributed by atoms with Gasteiger partial charge in [0.1, 0.15) is 17.5 Å². The van der Waals surface area contributed by atoms with Crippen molar-refractivity contribution in [3.05, 3.63) is 47.3 Å². The molecule has 2 aromatic rings. The summed E-state index contributed by atoms with van der Waals surface area (Å²) in [5, 5.41) is 15.3. The van der Waals surface area contributed by atoms with Crippen molar-refractivity contribution in [3.63, 3.8) is 0 Å². The van der Waals surface area contributed by atoms with Gasteiger partial charge in [-0.05, 0) is 37.5 Å². The molecule has 0 radical (unpaired) electrons. The van der Waals surface area contributed by atoms with E-state index in [4.69, 9.17) is 0 Å². The summed E-state index contributed by atoms with van der Waals surface area (Å²) in [7, 11) is 0. The van der Waals surface area contributed by atoms with Gasteiger partial charge >= 0.3 is 0 Å². The second kappa shape index (κ2) is 9.31. The number of fused-ring (bicyclic) bond motifs is 1. The van der Waals surface area contributed by atoms with Gasteiger partial charge in [-0.1, -0.05) is 18.6 Å². The lowest BCUT2D eigenvalue weighted by molar-refractivity contribution is 0.600. The van der Waals surface area contributed by atoms with Gasteiger partial charge in [0.05, 0.1) is 6.54 Å². The average molecular weight is 358 g/mol. The zero-order valence-electron chi connectivity index (χ0n) is 15.3. The Labute approximate surface area is 153 Å². The molecule has 0 saturated heterocycles. The van der Waals surface area contributed by atoms with Crippen LogP contribution in [-0.4, -0.2) is 33.8 Å². The van der Waals surface area contributed by atoms with Gasteiger partial charge in [0.25, 0.3) is 0 Å². The predicted molar refractivity (Wildman–Crippen MR) is 100 cm³/mol. The SMILES string of the molecule is CCNC(=NCc1ccc(F)cc1)NCCc1nnc2n1CCCCC2. The minimum atomic E-state index is -0.227. The first-order chi connectivity index (χ1) is 12.8. The van der Waals surface area contributed by atoms with Crippen LogP contribution in [0.15, 0.2) is 29.3 Å². The lowest BCUT2D eigenvalue weighted by atomic mass is 10.2. The Hall–Kier alpha value is -2.44. The lowest BCUT2D eigenvalue weighted by Crippen LogP contribution is -2.38. The van der Waals surface area contributed by atoms with Crippen molar-refractivity contribution in [2.75, 3.05) is 13.1 Å². The summed E-state index contributed by atoms with van der Waals surface area (Å²) < 4.78 is 15.3. The Balaban J connectivity index is 1.54. The smallest absolute Gasteiger partial charge is 0.191 e. The van der Waals surface area contributed by atoms with E-state index in [1.54, 1.807) is 12.1 Å². The first-order valence-corrected chi connectivity index (χ1v) is 9.44. The fourth-order valence-corrected chi connectivity index (χ4v) is 3.12. The highest BCUT2D eigenvalue weighted by molar-refractivity contribution is 5.79. The third-order valence-corrected chi connectivity index (χ3v) is 4.50. The number of halogens is 1. The van der Waals surface area contributed by atoms with Crippen molar-refractivity contribution >= 4 is 5.96 Å². The van der Waals surface area contributed by atoms with Gasteiger partial charge in [0, 0.05) is 32.5 Å². The van der Waals surface area contributed by atoms with Crippen molar-refractivity contribution in [1.82, 2.24) is 25.4 Å². The van der Waals surface area contributed by atoms with Crippen molar-refractivity contribution in [3.8, 4) is 0 Å². The van der Waals surface area contributed by atoms with Crippen LogP contribution in [0, 0.1) is 5.82 Å². The van der Waals surface area contributed by atoms with E-state index >= 15 is 0 Å². The Morgan fingerprint density at radius 1 is 1.15 bits per heavy atom. The van der Waals surface area contributed by atoms with E-state index in [2.05, 4.69) is 30.4 Å². The highest BCUT2D eigenvalue weighted by Gasteiger charge is 2.14. The third-order valence-electron chi connectivity index (χ3n) is 4.50. The maximum absolute atomic E-state index is 13.0. The summed E-state index contributed by atoms with van der Waals surface area (Å²) in [6, 6.07) is 6.44. The van der Waals surface area contributed by atoms with Crippen LogP contribution in [0.2, 0.25) is 0 Å². The Bertz CT molecular complexity index is 722. The standard InChI is InChI=1S/C19H27FN6/c1-2-21-19(23-14-15-7-9-16(20)10-8-15)22-12-11-18-25-24-17-6-4-3-5-13-26(17)18/h7-10H,2-6,11-14H2,1H3,(H2,21,22,23). The quantitative estimate of drug-likeness (QED) is 0.615. The van der Waals surface area contributed by atoms with Crippen LogP contribution in [0.3, 0.4) is 0 Å². The molecule has 0 unspecified atom stereocenters. The van der Waals surface area contributed by atoms with Crippen molar-refractivity contribution in [2.24, 2.45) is 4.99 Å². The number of benzene rings is 1. The molecular weight excluding hydrogens is 331 g/mol. The minimum absolute atomic E-state index is 0.227. The molecule has 1 aromatic heterocycles. The molecule has 2 N–H and O–H groups in total. The van der Waals surface area contributed by atoms with E-state index in [0.29, 0.717) is 6.54 Å². The van der Waals surface area contributed by atoms with Crippen LogP contribution in [0.25, 0.3) is 0 Å². The number of guanidine groups is 1. The van der Waals surface area contributed by atoms with E-state index in [-0.39, 0.29) is 5.82 Å². The molecule has 0 amide bonds. The van der Waals surface area contributed by atoms with Crippen molar-refractivity contribution < 1.29 is 4.39 Å². The molecule has 0 aliphatic carbocycles. The van der Waals surface area contributed by atoms with Crippen LogP contribution >= 0.6 is 0 Å². The second-order valence-electron chi connectivity index (χ2n) is 6.49. The summed E-state index contributed by atoms with van der Waals surface area (Å²) in [6.07, 6.45) is 5.52. The summed E-state index contributed by atoms with van der Waals surface area (Å²) in [6.45, 7) is 5.10. The summed E-state index contributed by atoms with van der Waals surface area (Å²) >= 11 is 0. The van der Waals surface area contributed by atoms with Crippen LogP contribution in [0.1, 0.15) is 43.4 Å². The molecule has 0 spiro atoms. The number of rotatable bonds is 6. The molecule has 140 valence electrons. The Morgan fingerprint density at radius 3 is 2.81 bits per heavy atom. The average Bonchev–Trinajstić information content (AvgIpc) is 2.87. The van der Waals surface area contributed by atoms with Gasteiger partial charge in [0.15, 0.2) is 5.96 Å². The molecule has 2 heterocycles. The number of aryl methyl sites for hydroxylation is 1. The molecule has 6 nitrogen and oxygen atoms in total. The first-order valence-electron chi connectivity index (χ1n) is 9.44. The van der Waals surface area contributed by atoms with E-state index in [0.717, 1.165) is 55.6 Å². The largest absolute Gasteiger partial charge is 0.357 e. The highest BCUT2D eigenvalue weighted by Crippen LogP contribution is 2.14.